The van der Waals surface area contributed by atoms with E-state index in [0.29, 0.717) is 0 Å². The van der Waals surface area contributed by atoms with Gasteiger partial charge in [0.1, 0.15) is 0 Å². The van der Waals surface area contributed by atoms with Crippen LogP contribution in [-0.2, 0) is 0 Å². The van der Waals surface area contributed by atoms with Gasteiger partial charge in [-0.05, 0) is 27.6 Å². The van der Waals surface area contributed by atoms with Crippen molar-refractivity contribution in [3.05, 3.63) is 60.2 Å². The van der Waals surface area contributed by atoms with Gasteiger partial charge in [0.05, 0.1) is 6.21 Å². The van der Waals surface area contributed by atoms with Crippen molar-refractivity contribution in [3.8, 4) is 0 Å². The Kier molecular flexibility index (Phi) is 4.96. The lowest BCUT2D eigenvalue weighted by Crippen LogP contribution is -2.26. The number of hydrazone groups is 1. The molecule has 0 unspecified atom stereocenters. The Morgan fingerprint density at radius 2 is 1.55 bits per heavy atom. The standard InChI is InChI=1S/C17H16N4.ClH/c1-19-17(18)21-20-11-16-14-8-4-2-6-12(14)10-13-7-3-5-9-15(13)16;/h2-11H,1H3,(H3,18,19,21);1H/b20-11+;. The van der Waals surface area contributed by atoms with Crippen molar-refractivity contribution in [2.45, 2.75) is 0 Å². The number of benzene rings is 3. The third-order valence-electron chi connectivity index (χ3n) is 3.43. The number of halogens is 1. The molecule has 112 valence electrons. The molecule has 0 bridgehead atoms. The van der Waals surface area contributed by atoms with Crippen LogP contribution in [0.1, 0.15) is 5.56 Å². The van der Waals surface area contributed by atoms with E-state index >= 15 is 0 Å². The lowest BCUT2D eigenvalue weighted by Gasteiger charge is -2.07. The van der Waals surface area contributed by atoms with Crippen LogP contribution in [0, 0.1) is 0 Å². The minimum absolute atomic E-state index is 0. The topological polar surface area (TPSA) is 62.8 Å². The first-order chi connectivity index (χ1) is 10.3. The van der Waals surface area contributed by atoms with Gasteiger partial charge in [0.2, 0.25) is 5.96 Å². The third kappa shape index (κ3) is 3.02. The van der Waals surface area contributed by atoms with E-state index in [9.17, 15) is 0 Å². The summed E-state index contributed by atoms with van der Waals surface area (Å²) in [6, 6.07) is 18.7. The smallest absolute Gasteiger partial charge is 0.209 e. The van der Waals surface area contributed by atoms with Crippen LogP contribution in [-0.4, -0.2) is 19.2 Å². The summed E-state index contributed by atoms with van der Waals surface area (Å²) >= 11 is 0. The van der Waals surface area contributed by atoms with E-state index in [-0.39, 0.29) is 18.4 Å². The lowest BCUT2D eigenvalue weighted by atomic mass is 9.97. The Hall–Kier alpha value is -2.59. The van der Waals surface area contributed by atoms with Crippen LogP contribution < -0.4 is 11.2 Å². The van der Waals surface area contributed by atoms with Gasteiger partial charge in [0, 0.05) is 12.6 Å². The zero-order valence-corrected chi connectivity index (χ0v) is 13.0. The van der Waals surface area contributed by atoms with Gasteiger partial charge in [0.25, 0.3) is 0 Å². The molecule has 0 aliphatic heterocycles. The molecule has 0 saturated heterocycles. The molecule has 3 N–H and O–H groups in total. The predicted molar refractivity (Wildman–Crippen MR) is 97.0 cm³/mol. The monoisotopic (exact) mass is 312 g/mol. The highest BCUT2D eigenvalue weighted by Gasteiger charge is 2.05. The Labute approximate surface area is 135 Å². The lowest BCUT2D eigenvalue weighted by molar-refractivity contribution is 1.01. The van der Waals surface area contributed by atoms with Crippen LogP contribution in [0.15, 0.2) is 64.7 Å². The zero-order chi connectivity index (χ0) is 14.7. The SMILES string of the molecule is CN=C(N)N/N=C/c1c2ccccc2cc2ccccc12.Cl. The van der Waals surface area contributed by atoms with E-state index in [4.69, 9.17) is 5.73 Å². The van der Waals surface area contributed by atoms with E-state index < -0.39 is 0 Å². The molecule has 0 aliphatic carbocycles. The molecule has 0 amide bonds. The number of hydrogen-bond acceptors (Lipinski definition) is 2. The molecule has 3 rings (SSSR count). The van der Waals surface area contributed by atoms with Crippen LogP contribution in [0.25, 0.3) is 21.5 Å². The molecular formula is C17H17ClN4. The molecule has 22 heavy (non-hydrogen) atoms. The molecule has 0 atom stereocenters. The quantitative estimate of drug-likeness (QED) is 0.330. The molecule has 0 fully saturated rings. The van der Waals surface area contributed by atoms with Gasteiger partial charge >= 0.3 is 0 Å². The highest BCUT2D eigenvalue weighted by atomic mass is 35.5. The number of rotatable bonds is 2. The second-order valence-electron chi connectivity index (χ2n) is 4.71. The summed E-state index contributed by atoms with van der Waals surface area (Å²) < 4.78 is 0. The number of hydrogen-bond donors (Lipinski definition) is 2. The number of fused-ring (bicyclic) bond motifs is 2. The molecule has 3 aromatic rings. The van der Waals surface area contributed by atoms with Crippen LogP contribution in [0.4, 0.5) is 0 Å². The van der Waals surface area contributed by atoms with Gasteiger partial charge in [-0.2, -0.15) is 5.10 Å². The maximum Gasteiger partial charge on any atom is 0.209 e. The summed E-state index contributed by atoms with van der Waals surface area (Å²) in [5, 5.41) is 8.88. The number of guanidine groups is 1. The van der Waals surface area contributed by atoms with Gasteiger partial charge < -0.3 is 5.73 Å². The van der Waals surface area contributed by atoms with Gasteiger partial charge in [0.15, 0.2) is 0 Å². The summed E-state index contributed by atoms with van der Waals surface area (Å²) in [6.07, 6.45) is 1.79. The summed E-state index contributed by atoms with van der Waals surface area (Å²) in [5.41, 5.74) is 9.36. The van der Waals surface area contributed by atoms with Crippen molar-refractivity contribution in [2.75, 3.05) is 7.05 Å². The first kappa shape index (κ1) is 15.8. The molecule has 5 heteroatoms. The summed E-state index contributed by atoms with van der Waals surface area (Å²) in [7, 11) is 1.62. The van der Waals surface area contributed by atoms with Gasteiger partial charge in [-0.1, -0.05) is 48.5 Å². The number of nitrogens with one attached hydrogen (secondary N) is 1. The molecule has 0 spiro atoms. The fourth-order valence-corrected chi connectivity index (χ4v) is 2.40. The van der Waals surface area contributed by atoms with Crippen molar-refractivity contribution in [1.82, 2.24) is 5.43 Å². The maximum atomic E-state index is 5.59. The van der Waals surface area contributed by atoms with Crippen LogP contribution in [0.2, 0.25) is 0 Å². The Balaban J connectivity index is 0.00000176. The Morgan fingerprint density at radius 1 is 1.00 bits per heavy atom. The molecule has 0 aliphatic rings. The second kappa shape index (κ2) is 6.91. The molecule has 3 aromatic carbocycles. The average molecular weight is 313 g/mol. The largest absolute Gasteiger partial charge is 0.369 e. The highest BCUT2D eigenvalue weighted by Crippen LogP contribution is 2.27. The fraction of sp³-hybridized carbons (Fsp3) is 0.0588. The van der Waals surface area contributed by atoms with Crippen molar-refractivity contribution < 1.29 is 0 Å². The van der Waals surface area contributed by atoms with Gasteiger partial charge in [-0.25, -0.2) is 5.43 Å². The molecule has 0 saturated carbocycles. The Bertz CT molecular complexity index is 802. The zero-order valence-electron chi connectivity index (χ0n) is 12.2. The maximum absolute atomic E-state index is 5.59. The van der Waals surface area contributed by atoms with E-state index in [0.717, 1.165) is 16.3 Å². The molecule has 4 nitrogen and oxygen atoms in total. The number of aliphatic imine (C=N–C) groups is 1. The molecule has 0 aromatic heterocycles. The summed E-state index contributed by atoms with van der Waals surface area (Å²) in [6.45, 7) is 0. The van der Waals surface area contributed by atoms with Gasteiger partial charge in [-0.3, -0.25) is 4.99 Å². The second-order valence-corrected chi connectivity index (χ2v) is 4.71. The number of nitrogens with zero attached hydrogens (tertiary/aromatic N) is 2. The third-order valence-corrected chi connectivity index (χ3v) is 3.43. The van der Waals surface area contributed by atoms with E-state index in [1.165, 1.54) is 10.8 Å². The molecule has 0 heterocycles. The van der Waals surface area contributed by atoms with Crippen molar-refractivity contribution in [2.24, 2.45) is 15.8 Å². The first-order valence-electron chi connectivity index (χ1n) is 6.71. The Morgan fingerprint density at radius 3 is 2.09 bits per heavy atom. The summed E-state index contributed by atoms with van der Waals surface area (Å²) in [5.74, 6) is 0.288. The normalized spacial score (nSPS) is 11.8. The first-order valence-corrected chi connectivity index (χ1v) is 6.71. The van der Waals surface area contributed by atoms with Crippen LogP contribution >= 0.6 is 12.4 Å². The van der Waals surface area contributed by atoms with E-state index in [1.807, 2.05) is 24.3 Å². The average Bonchev–Trinajstić information content (AvgIpc) is 2.54. The predicted octanol–water partition coefficient (Wildman–Crippen LogP) is 3.28. The summed E-state index contributed by atoms with van der Waals surface area (Å²) in [4.78, 5) is 3.81. The minimum Gasteiger partial charge on any atom is -0.369 e. The van der Waals surface area contributed by atoms with E-state index in [1.54, 1.807) is 13.3 Å². The van der Waals surface area contributed by atoms with Crippen molar-refractivity contribution in [3.63, 3.8) is 0 Å². The minimum atomic E-state index is 0. The van der Waals surface area contributed by atoms with Crippen LogP contribution in [0.5, 0.6) is 0 Å². The number of nitrogens with two attached hydrogens (primary N) is 1. The highest BCUT2D eigenvalue weighted by molar-refractivity contribution is 6.13. The molecular weight excluding hydrogens is 296 g/mol. The van der Waals surface area contributed by atoms with Crippen molar-refractivity contribution in [1.29, 1.82) is 0 Å². The molecule has 0 radical (unpaired) electrons. The fourth-order valence-electron chi connectivity index (χ4n) is 2.40. The van der Waals surface area contributed by atoms with E-state index in [2.05, 4.69) is 45.9 Å². The van der Waals surface area contributed by atoms with Gasteiger partial charge in [-0.15, -0.1) is 12.4 Å². The van der Waals surface area contributed by atoms with Crippen LogP contribution in [0.3, 0.4) is 0 Å². The van der Waals surface area contributed by atoms with Crippen molar-refractivity contribution >= 4 is 46.1 Å².